The van der Waals surface area contributed by atoms with Gasteiger partial charge in [-0.25, -0.2) is 0 Å². The average molecular weight is 503 g/mol. The van der Waals surface area contributed by atoms with Crippen molar-refractivity contribution >= 4 is 17.7 Å². The van der Waals surface area contributed by atoms with Crippen LogP contribution in [0.15, 0.2) is 24.3 Å². The normalized spacial score (nSPS) is 25.1. The summed E-state index contributed by atoms with van der Waals surface area (Å²) >= 11 is 0. The minimum Gasteiger partial charge on any atom is -0.497 e. The Balaban J connectivity index is 1.71. The number of nitrogens with one attached hydrogen (secondary N) is 2. The molecule has 0 saturated carbocycles. The highest BCUT2D eigenvalue weighted by atomic mass is 16.5. The van der Waals surface area contributed by atoms with Crippen molar-refractivity contribution in [1.82, 2.24) is 15.5 Å². The smallest absolute Gasteiger partial charge is 0.246 e. The highest BCUT2D eigenvalue weighted by Crippen LogP contribution is 2.34. The Labute approximate surface area is 215 Å². The van der Waals surface area contributed by atoms with Gasteiger partial charge in [0.1, 0.15) is 17.8 Å². The molecule has 9 heteroatoms. The maximum Gasteiger partial charge on any atom is 0.246 e. The number of nitrogens with two attached hydrogens (primary N) is 1. The number of amides is 3. The summed E-state index contributed by atoms with van der Waals surface area (Å²) in [4.78, 5) is 41.6. The highest BCUT2D eigenvalue weighted by molar-refractivity contribution is 5.94. The molecule has 1 aromatic rings. The van der Waals surface area contributed by atoms with Crippen LogP contribution in [0, 0.1) is 5.92 Å². The largest absolute Gasteiger partial charge is 0.497 e. The van der Waals surface area contributed by atoms with E-state index in [9.17, 15) is 14.4 Å². The first kappa shape index (κ1) is 27.9. The fourth-order valence-corrected chi connectivity index (χ4v) is 5.46. The van der Waals surface area contributed by atoms with E-state index >= 15 is 0 Å². The lowest BCUT2D eigenvalue weighted by Crippen LogP contribution is -2.59. The predicted octanol–water partition coefficient (Wildman–Crippen LogP) is 1.05. The molecule has 5 atom stereocenters. The number of hydrogen-bond donors (Lipinski definition) is 3. The molecule has 0 radical (unpaired) electrons. The molecule has 9 nitrogen and oxygen atoms in total. The Morgan fingerprint density at radius 1 is 1.14 bits per heavy atom. The number of nitrogens with zero attached hydrogens (tertiary/aromatic N) is 2. The van der Waals surface area contributed by atoms with E-state index < -0.39 is 18.1 Å². The van der Waals surface area contributed by atoms with Gasteiger partial charge in [-0.05, 0) is 56.2 Å². The van der Waals surface area contributed by atoms with Gasteiger partial charge in [-0.2, -0.15) is 0 Å². The molecular formula is C27H44N5O4+. The first-order chi connectivity index (χ1) is 17.0. The van der Waals surface area contributed by atoms with Crippen LogP contribution in [0.4, 0.5) is 0 Å². The molecule has 3 rings (SSSR count). The van der Waals surface area contributed by atoms with Crippen LogP contribution >= 0.6 is 0 Å². The van der Waals surface area contributed by atoms with E-state index in [0.717, 1.165) is 37.1 Å². The number of carbonyl (C=O) groups excluding carboxylic acids is 3. The molecule has 2 heterocycles. The predicted molar refractivity (Wildman–Crippen MR) is 139 cm³/mol. The molecule has 0 aromatic heterocycles. The molecule has 2 saturated heterocycles. The second-order valence-electron chi connectivity index (χ2n) is 11.2. The van der Waals surface area contributed by atoms with Crippen LogP contribution in [0.1, 0.15) is 44.6 Å². The van der Waals surface area contributed by atoms with Crippen LogP contribution < -0.4 is 21.1 Å². The maximum atomic E-state index is 13.9. The number of rotatable bonds is 10. The topological polar surface area (TPSA) is 114 Å². The molecule has 1 aromatic carbocycles. The van der Waals surface area contributed by atoms with Crippen molar-refractivity contribution in [2.24, 2.45) is 11.7 Å². The van der Waals surface area contributed by atoms with Gasteiger partial charge < -0.3 is 30.5 Å². The van der Waals surface area contributed by atoms with Crippen LogP contribution in [0.2, 0.25) is 0 Å². The molecule has 0 bridgehead atoms. The number of ether oxygens (including phenoxy) is 1. The van der Waals surface area contributed by atoms with Crippen molar-refractivity contribution in [3.63, 3.8) is 0 Å². The zero-order valence-electron chi connectivity index (χ0n) is 22.5. The maximum absolute atomic E-state index is 13.9. The Kier molecular flexibility index (Phi) is 9.35. The number of quaternary nitrogens is 1. The van der Waals surface area contributed by atoms with Crippen LogP contribution in [0.3, 0.4) is 0 Å². The van der Waals surface area contributed by atoms with Gasteiger partial charge in [-0.15, -0.1) is 0 Å². The summed E-state index contributed by atoms with van der Waals surface area (Å²) in [6.07, 6.45) is 4.28. The Morgan fingerprint density at radius 2 is 1.81 bits per heavy atom. The molecule has 200 valence electrons. The van der Waals surface area contributed by atoms with E-state index in [1.54, 1.807) is 12.0 Å². The SMILES string of the molecule is CC[C@H](N)C(=O)N[C@@H]1C(=O)N2[C@@H](CC[C@@H]1C[N+](C)(C)C)CC[C@H]2C(=O)NCCc1ccc(OC)cc1. The van der Waals surface area contributed by atoms with E-state index in [-0.39, 0.29) is 29.7 Å². The fraction of sp³-hybridized carbons (Fsp3) is 0.667. The zero-order chi connectivity index (χ0) is 26.5. The minimum atomic E-state index is -0.676. The Morgan fingerprint density at radius 3 is 2.42 bits per heavy atom. The summed E-state index contributed by atoms with van der Waals surface area (Å²) < 4.78 is 5.88. The summed E-state index contributed by atoms with van der Waals surface area (Å²) in [5.41, 5.74) is 7.08. The third-order valence-corrected chi connectivity index (χ3v) is 7.40. The molecule has 36 heavy (non-hydrogen) atoms. The number of hydrogen-bond acceptors (Lipinski definition) is 5. The van der Waals surface area contributed by atoms with Crippen LogP contribution in [-0.4, -0.2) is 92.6 Å². The number of fused-ring (bicyclic) bond motifs is 1. The van der Waals surface area contributed by atoms with Gasteiger partial charge in [-0.1, -0.05) is 19.1 Å². The van der Waals surface area contributed by atoms with Gasteiger partial charge >= 0.3 is 0 Å². The molecule has 2 aliphatic rings. The first-order valence-electron chi connectivity index (χ1n) is 13.1. The van der Waals surface area contributed by atoms with Crippen LogP contribution in [-0.2, 0) is 20.8 Å². The summed E-state index contributed by atoms with van der Waals surface area (Å²) in [7, 11) is 7.90. The van der Waals surface area contributed by atoms with Gasteiger partial charge in [0.05, 0.1) is 40.8 Å². The molecule has 2 aliphatic heterocycles. The Bertz CT molecular complexity index is 914. The molecular weight excluding hydrogens is 458 g/mol. The lowest BCUT2D eigenvalue weighted by Gasteiger charge is -2.35. The van der Waals surface area contributed by atoms with Crippen molar-refractivity contribution in [2.45, 2.75) is 69.6 Å². The minimum absolute atomic E-state index is 0.0186. The van der Waals surface area contributed by atoms with Gasteiger partial charge in [0.25, 0.3) is 0 Å². The number of benzene rings is 1. The lowest BCUT2D eigenvalue weighted by molar-refractivity contribution is -0.874. The molecule has 4 N–H and O–H groups in total. The number of carbonyl (C=O) groups is 3. The van der Waals surface area contributed by atoms with Gasteiger partial charge in [0.15, 0.2) is 0 Å². The second-order valence-corrected chi connectivity index (χ2v) is 11.2. The third-order valence-electron chi connectivity index (χ3n) is 7.40. The number of methoxy groups -OCH3 is 1. The van der Waals surface area contributed by atoms with Crippen LogP contribution in [0.25, 0.3) is 0 Å². The monoisotopic (exact) mass is 502 g/mol. The van der Waals surface area contributed by atoms with E-state index in [2.05, 4.69) is 31.8 Å². The van der Waals surface area contributed by atoms with E-state index in [1.165, 1.54) is 0 Å². The summed E-state index contributed by atoms with van der Waals surface area (Å²) in [6.45, 7) is 3.09. The van der Waals surface area contributed by atoms with Gasteiger partial charge in [0, 0.05) is 18.5 Å². The van der Waals surface area contributed by atoms with E-state index in [4.69, 9.17) is 10.5 Å². The fourth-order valence-electron chi connectivity index (χ4n) is 5.46. The standard InChI is InChI=1S/C27H43N5O4/c1-6-22(28)25(33)30-24-19(17-32(2,3)4)9-10-20-11-14-23(31(20)27(24)35)26(34)29-16-15-18-7-12-21(36-5)13-8-18/h7-8,12-13,19-20,22-24H,6,9-11,14-17,28H2,1-5H3,(H-,29,30,33,34)/p+1/t19-,20+,22+,23+,24+/m1/s1. The molecule has 3 amide bonds. The first-order valence-corrected chi connectivity index (χ1v) is 13.1. The van der Waals surface area contributed by atoms with Crippen molar-refractivity contribution < 1.29 is 23.6 Å². The lowest BCUT2D eigenvalue weighted by atomic mass is 9.92. The van der Waals surface area contributed by atoms with Crippen molar-refractivity contribution in [2.75, 3.05) is 41.3 Å². The summed E-state index contributed by atoms with van der Waals surface area (Å²) in [5.74, 6) is 0.194. The van der Waals surface area contributed by atoms with Crippen LogP contribution in [0.5, 0.6) is 5.75 Å². The zero-order valence-corrected chi connectivity index (χ0v) is 22.5. The highest BCUT2D eigenvalue weighted by Gasteiger charge is 2.48. The molecule has 0 unspecified atom stereocenters. The second kappa shape index (κ2) is 12.1. The van der Waals surface area contributed by atoms with Gasteiger partial charge in [0.2, 0.25) is 17.7 Å². The quantitative estimate of drug-likeness (QED) is 0.414. The molecule has 0 spiro atoms. The molecule has 2 fully saturated rings. The van der Waals surface area contributed by atoms with Crippen molar-refractivity contribution in [1.29, 1.82) is 0 Å². The van der Waals surface area contributed by atoms with Crippen molar-refractivity contribution in [3.8, 4) is 5.75 Å². The van der Waals surface area contributed by atoms with E-state index in [0.29, 0.717) is 30.3 Å². The van der Waals surface area contributed by atoms with E-state index in [1.807, 2.05) is 31.2 Å². The summed E-state index contributed by atoms with van der Waals surface area (Å²) in [5, 5.41) is 6.00. The average Bonchev–Trinajstić information content (AvgIpc) is 3.23. The third kappa shape index (κ3) is 6.97. The summed E-state index contributed by atoms with van der Waals surface area (Å²) in [6, 6.07) is 5.95. The molecule has 0 aliphatic carbocycles. The van der Waals surface area contributed by atoms with Gasteiger partial charge in [-0.3, -0.25) is 14.4 Å². The Hall–Kier alpha value is -2.65. The van der Waals surface area contributed by atoms with Crippen molar-refractivity contribution in [3.05, 3.63) is 29.8 Å².